The molecule has 0 saturated carbocycles. The van der Waals surface area contributed by atoms with Gasteiger partial charge in [0.25, 0.3) is 0 Å². The maximum Gasteiger partial charge on any atom is 0.145 e. The van der Waals surface area contributed by atoms with E-state index in [1.54, 1.807) is 0 Å². The number of allylic oxidation sites excluding steroid dienone is 1. The molecular formula is C13H17N3. The number of hydrogen-bond acceptors (Lipinski definition) is 3. The molecule has 0 radical (unpaired) electrons. The third-order valence-corrected chi connectivity index (χ3v) is 2.48. The van der Waals surface area contributed by atoms with Crippen LogP contribution in [0.1, 0.15) is 24.1 Å². The normalized spacial score (nSPS) is 9.56. The predicted molar refractivity (Wildman–Crippen MR) is 66.4 cm³/mol. The molecule has 0 atom stereocenters. The summed E-state index contributed by atoms with van der Waals surface area (Å²) in [7, 11) is 1.99. The highest BCUT2D eigenvalue weighted by molar-refractivity contribution is 5.44. The molecule has 84 valence electrons. The maximum atomic E-state index is 8.89. The summed E-state index contributed by atoms with van der Waals surface area (Å²) in [6.07, 6.45) is 3.97. The highest BCUT2D eigenvalue weighted by atomic mass is 15.2. The number of nitriles is 1. The van der Waals surface area contributed by atoms with Gasteiger partial charge in [-0.1, -0.05) is 12.1 Å². The zero-order chi connectivity index (χ0) is 12.0. The van der Waals surface area contributed by atoms with Crippen molar-refractivity contribution >= 4 is 5.82 Å². The van der Waals surface area contributed by atoms with Crippen LogP contribution < -0.4 is 4.90 Å². The molecule has 1 heterocycles. The van der Waals surface area contributed by atoms with Gasteiger partial charge in [-0.05, 0) is 31.4 Å². The number of aryl methyl sites for hydroxylation is 1. The Balaban J connectivity index is 2.72. The lowest BCUT2D eigenvalue weighted by Crippen LogP contribution is -2.19. The van der Waals surface area contributed by atoms with Crippen LogP contribution in [0, 0.1) is 18.3 Å². The van der Waals surface area contributed by atoms with Crippen LogP contribution in [-0.2, 0) is 0 Å². The molecule has 3 nitrogen and oxygen atoms in total. The van der Waals surface area contributed by atoms with E-state index in [2.05, 4.69) is 22.5 Å². The number of rotatable bonds is 5. The zero-order valence-corrected chi connectivity index (χ0v) is 9.90. The van der Waals surface area contributed by atoms with E-state index in [1.807, 2.05) is 32.2 Å². The van der Waals surface area contributed by atoms with Crippen molar-refractivity contribution in [3.63, 3.8) is 0 Å². The molecule has 0 aliphatic heterocycles. The van der Waals surface area contributed by atoms with Gasteiger partial charge in [0.2, 0.25) is 0 Å². The van der Waals surface area contributed by atoms with E-state index in [0.29, 0.717) is 5.69 Å². The molecular weight excluding hydrogens is 198 g/mol. The summed E-state index contributed by atoms with van der Waals surface area (Å²) in [5.41, 5.74) is 1.43. The van der Waals surface area contributed by atoms with Gasteiger partial charge >= 0.3 is 0 Å². The number of hydrogen-bond donors (Lipinski definition) is 0. The minimum Gasteiger partial charge on any atom is -0.360 e. The van der Waals surface area contributed by atoms with Crippen molar-refractivity contribution in [3.8, 4) is 6.07 Å². The largest absolute Gasteiger partial charge is 0.360 e. The maximum absolute atomic E-state index is 8.89. The highest BCUT2D eigenvalue weighted by Crippen LogP contribution is 2.13. The van der Waals surface area contributed by atoms with E-state index >= 15 is 0 Å². The molecule has 0 N–H and O–H groups in total. The fourth-order valence-electron chi connectivity index (χ4n) is 1.43. The van der Waals surface area contributed by atoms with Crippen LogP contribution in [0.3, 0.4) is 0 Å². The number of anilines is 1. The smallest absolute Gasteiger partial charge is 0.145 e. The van der Waals surface area contributed by atoms with Crippen LogP contribution in [0.15, 0.2) is 24.8 Å². The summed E-state index contributed by atoms with van der Waals surface area (Å²) in [5.74, 6) is 0.853. The molecule has 0 saturated heterocycles. The molecule has 1 rings (SSSR count). The molecule has 0 bridgehead atoms. The summed E-state index contributed by atoms with van der Waals surface area (Å²) >= 11 is 0. The Morgan fingerprint density at radius 2 is 2.31 bits per heavy atom. The van der Waals surface area contributed by atoms with Crippen molar-refractivity contribution in [1.82, 2.24) is 4.98 Å². The molecule has 0 fully saturated rings. The molecule has 1 aromatic rings. The summed E-state index contributed by atoms with van der Waals surface area (Å²) < 4.78 is 0. The van der Waals surface area contributed by atoms with Crippen LogP contribution in [0.2, 0.25) is 0 Å². The first kappa shape index (κ1) is 12.3. The molecule has 3 heteroatoms. The van der Waals surface area contributed by atoms with Gasteiger partial charge in [-0.25, -0.2) is 4.98 Å². The van der Waals surface area contributed by atoms with Crippen molar-refractivity contribution in [2.24, 2.45) is 0 Å². The predicted octanol–water partition coefficient (Wildman–Crippen LogP) is 2.66. The van der Waals surface area contributed by atoms with Crippen molar-refractivity contribution in [1.29, 1.82) is 5.26 Å². The molecule has 0 amide bonds. The highest BCUT2D eigenvalue weighted by Gasteiger charge is 2.05. The molecule has 0 spiro atoms. The third kappa shape index (κ3) is 3.09. The number of nitrogens with zero attached hydrogens (tertiary/aromatic N) is 3. The van der Waals surface area contributed by atoms with E-state index < -0.39 is 0 Å². The molecule has 0 aliphatic rings. The monoisotopic (exact) mass is 215 g/mol. The number of pyridine rings is 1. The first-order chi connectivity index (χ1) is 7.69. The SMILES string of the molecule is C=CCCCN(C)c1ccc(C)c(C#N)n1. The summed E-state index contributed by atoms with van der Waals surface area (Å²) in [5, 5.41) is 8.89. The average molecular weight is 215 g/mol. The molecule has 16 heavy (non-hydrogen) atoms. The first-order valence-corrected chi connectivity index (χ1v) is 5.39. The van der Waals surface area contributed by atoms with Gasteiger partial charge in [-0.2, -0.15) is 5.26 Å². The lowest BCUT2D eigenvalue weighted by molar-refractivity contribution is 0.791. The van der Waals surface area contributed by atoms with Crippen LogP contribution in [0.25, 0.3) is 0 Å². The van der Waals surface area contributed by atoms with Gasteiger partial charge in [0, 0.05) is 13.6 Å². The van der Waals surface area contributed by atoms with Gasteiger partial charge in [-0.15, -0.1) is 6.58 Å². The summed E-state index contributed by atoms with van der Waals surface area (Å²) in [6, 6.07) is 5.99. The first-order valence-electron chi connectivity index (χ1n) is 5.39. The second-order valence-electron chi connectivity index (χ2n) is 3.80. The fraction of sp³-hybridized carbons (Fsp3) is 0.385. The van der Waals surface area contributed by atoms with Gasteiger partial charge in [0.1, 0.15) is 17.6 Å². The standard InChI is InChI=1S/C13H17N3/c1-4-5-6-9-16(3)13-8-7-11(2)12(10-14)15-13/h4,7-8H,1,5-6,9H2,2-3H3. The number of aromatic nitrogens is 1. The van der Waals surface area contributed by atoms with Crippen molar-refractivity contribution < 1.29 is 0 Å². The van der Waals surface area contributed by atoms with Crippen molar-refractivity contribution in [2.75, 3.05) is 18.5 Å². The number of unbranched alkanes of at least 4 members (excludes halogenated alkanes) is 1. The Morgan fingerprint density at radius 1 is 1.56 bits per heavy atom. The van der Waals surface area contributed by atoms with E-state index in [1.165, 1.54) is 0 Å². The second kappa shape index (κ2) is 5.92. The lowest BCUT2D eigenvalue weighted by Gasteiger charge is -2.18. The van der Waals surface area contributed by atoms with Gasteiger partial charge < -0.3 is 4.90 Å². The van der Waals surface area contributed by atoms with Crippen LogP contribution in [0.5, 0.6) is 0 Å². The van der Waals surface area contributed by atoms with E-state index in [0.717, 1.165) is 30.8 Å². The van der Waals surface area contributed by atoms with Gasteiger partial charge in [0.15, 0.2) is 0 Å². The quantitative estimate of drug-likeness (QED) is 0.560. The minimum absolute atomic E-state index is 0.507. The van der Waals surface area contributed by atoms with E-state index in [9.17, 15) is 0 Å². The fourth-order valence-corrected chi connectivity index (χ4v) is 1.43. The average Bonchev–Trinajstić information content (AvgIpc) is 2.30. The summed E-state index contributed by atoms with van der Waals surface area (Å²) in [6.45, 7) is 6.51. The van der Waals surface area contributed by atoms with E-state index in [4.69, 9.17) is 5.26 Å². The minimum atomic E-state index is 0.507. The Labute approximate surface area is 97.0 Å². The Hall–Kier alpha value is -1.82. The van der Waals surface area contributed by atoms with Crippen LogP contribution in [-0.4, -0.2) is 18.6 Å². The second-order valence-corrected chi connectivity index (χ2v) is 3.80. The van der Waals surface area contributed by atoms with Crippen molar-refractivity contribution in [2.45, 2.75) is 19.8 Å². The third-order valence-electron chi connectivity index (χ3n) is 2.48. The molecule has 0 unspecified atom stereocenters. The Morgan fingerprint density at radius 3 is 2.94 bits per heavy atom. The molecule has 0 aromatic carbocycles. The van der Waals surface area contributed by atoms with Gasteiger partial charge in [0.05, 0.1) is 0 Å². The van der Waals surface area contributed by atoms with Crippen LogP contribution in [0.4, 0.5) is 5.82 Å². The van der Waals surface area contributed by atoms with Crippen molar-refractivity contribution in [3.05, 3.63) is 36.0 Å². The molecule has 0 aliphatic carbocycles. The summed E-state index contributed by atoms with van der Waals surface area (Å²) in [4.78, 5) is 6.37. The Kier molecular flexibility index (Phi) is 4.53. The lowest BCUT2D eigenvalue weighted by atomic mass is 10.2. The Bertz CT molecular complexity index is 404. The van der Waals surface area contributed by atoms with Gasteiger partial charge in [-0.3, -0.25) is 0 Å². The topological polar surface area (TPSA) is 39.9 Å². The van der Waals surface area contributed by atoms with Crippen LogP contribution >= 0.6 is 0 Å². The molecule has 1 aromatic heterocycles. The van der Waals surface area contributed by atoms with E-state index in [-0.39, 0.29) is 0 Å². The zero-order valence-electron chi connectivity index (χ0n) is 9.90.